The first-order chi connectivity index (χ1) is 13.1. The van der Waals surface area contributed by atoms with Crippen LogP contribution < -0.4 is 5.32 Å². The lowest BCUT2D eigenvalue weighted by Crippen LogP contribution is -2.16. The van der Waals surface area contributed by atoms with E-state index in [-0.39, 0.29) is 5.78 Å². The highest BCUT2D eigenvalue weighted by Crippen LogP contribution is 2.26. The maximum absolute atomic E-state index is 12.8. The minimum absolute atomic E-state index is 0.0562. The van der Waals surface area contributed by atoms with Crippen LogP contribution in [0.25, 0.3) is 11.1 Å². The predicted octanol–water partition coefficient (Wildman–Crippen LogP) is 4.32. The summed E-state index contributed by atoms with van der Waals surface area (Å²) in [5.74, 6) is 0.0562. The molecule has 140 valence electrons. The van der Waals surface area contributed by atoms with Crippen molar-refractivity contribution in [2.24, 2.45) is 7.05 Å². The van der Waals surface area contributed by atoms with E-state index in [0.717, 1.165) is 36.3 Å². The van der Waals surface area contributed by atoms with Gasteiger partial charge in [-0.3, -0.25) is 9.48 Å². The molecule has 0 unspecified atom stereocenters. The summed E-state index contributed by atoms with van der Waals surface area (Å²) in [7, 11) is 1.89. The number of hydrogen-bond acceptors (Lipinski definition) is 3. The van der Waals surface area contributed by atoms with E-state index >= 15 is 0 Å². The first-order valence-corrected chi connectivity index (χ1v) is 9.51. The number of nitrogens with one attached hydrogen (secondary N) is 1. The quantitative estimate of drug-likeness (QED) is 0.480. The van der Waals surface area contributed by atoms with E-state index in [1.807, 2.05) is 43.4 Å². The van der Waals surface area contributed by atoms with Gasteiger partial charge in [0.1, 0.15) is 5.69 Å². The summed E-state index contributed by atoms with van der Waals surface area (Å²) < 4.78 is 1.79. The number of carbonyl (C=O) groups is 1. The summed E-state index contributed by atoms with van der Waals surface area (Å²) in [6.45, 7) is 5.91. The van der Waals surface area contributed by atoms with Crippen LogP contribution in [0.1, 0.15) is 40.7 Å². The van der Waals surface area contributed by atoms with E-state index < -0.39 is 0 Å². The maximum atomic E-state index is 12.8. The number of hydrogen-bond donors (Lipinski definition) is 1. The molecule has 27 heavy (non-hydrogen) atoms. The minimum atomic E-state index is 0.0562. The number of carbonyl (C=O) groups excluding carboxylic acids is 1. The summed E-state index contributed by atoms with van der Waals surface area (Å²) in [5, 5.41) is 7.78. The summed E-state index contributed by atoms with van der Waals surface area (Å²) >= 11 is 0. The largest absolute Gasteiger partial charge is 0.311 e. The first-order valence-electron chi connectivity index (χ1n) is 9.51. The van der Waals surface area contributed by atoms with Crippen molar-refractivity contribution in [2.75, 3.05) is 6.54 Å². The molecule has 0 aliphatic rings. The van der Waals surface area contributed by atoms with Crippen molar-refractivity contribution in [1.29, 1.82) is 0 Å². The number of ketones is 1. The monoisotopic (exact) mass is 361 g/mol. The van der Waals surface area contributed by atoms with E-state index in [4.69, 9.17) is 0 Å². The van der Waals surface area contributed by atoms with Gasteiger partial charge in [-0.05, 0) is 48.2 Å². The van der Waals surface area contributed by atoms with Gasteiger partial charge in [0.15, 0.2) is 5.78 Å². The van der Waals surface area contributed by atoms with Gasteiger partial charge in [-0.25, -0.2) is 0 Å². The average Bonchev–Trinajstić information content (AvgIpc) is 3.05. The number of Topliss-reactive ketones (excluding diaryl/α,β-unsaturated/α-hetero) is 1. The van der Waals surface area contributed by atoms with Crippen LogP contribution in [0, 0.1) is 6.92 Å². The van der Waals surface area contributed by atoms with Gasteiger partial charge in [-0.2, -0.15) is 5.10 Å². The number of benzene rings is 2. The van der Waals surface area contributed by atoms with Crippen molar-refractivity contribution in [2.45, 2.75) is 33.2 Å². The molecule has 1 heterocycles. The fraction of sp³-hybridized carbons (Fsp3) is 0.304. The molecule has 0 spiro atoms. The Hall–Kier alpha value is -2.72. The Kier molecular flexibility index (Phi) is 6.20. The Labute approximate surface area is 161 Å². The Morgan fingerprint density at radius 2 is 1.89 bits per heavy atom. The second-order valence-corrected chi connectivity index (χ2v) is 6.88. The Morgan fingerprint density at radius 3 is 2.63 bits per heavy atom. The van der Waals surface area contributed by atoms with Gasteiger partial charge in [0, 0.05) is 20.0 Å². The van der Waals surface area contributed by atoms with Crippen LogP contribution in [0.3, 0.4) is 0 Å². The number of aryl methyl sites for hydroxylation is 1. The van der Waals surface area contributed by atoms with Crippen LogP contribution in [-0.2, 0) is 20.0 Å². The fourth-order valence-electron chi connectivity index (χ4n) is 3.27. The highest BCUT2D eigenvalue weighted by atomic mass is 16.1. The van der Waals surface area contributed by atoms with Gasteiger partial charge in [0.05, 0.1) is 5.69 Å². The molecule has 1 N–H and O–H groups in total. The van der Waals surface area contributed by atoms with Crippen LogP contribution in [0.5, 0.6) is 0 Å². The van der Waals surface area contributed by atoms with Crippen molar-refractivity contribution in [1.82, 2.24) is 15.1 Å². The molecule has 0 bridgehead atoms. The third-order valence-corrected chi connectivity index (χ3v) is 4.88. The number of nitrogens with zero attached hydrogens (tertiary/aromatic N) is 2. The van der Waals surface area contributed by atoms with Gasteiger partial charge >= 0.3 is 0 Å². The van der Waals surface area contributed by atoms with Gasteiger partial charge in [-0.15, -0.1) is 0 Å². The lowest BCUT2D eigenvalue weighted by molar-refractivity contribution is 0.0987. The first kappa shape index (κ1) is 19.1. The second-order valence-electron chi connectivity index (χ2n) is 6.88. The molecule has 1 aromatic heterocycles. The smallest absolute Gasteiger partial charge is 0.187 e. The van der Waals surface area contributed by atoms with Gasteiger partial charge in [0.2, 0.25) is 0 Å². The molecular formula is C23H27N3O. The molecule has 3 rings (SSSR count). The van der Waals surface area contributed by atoms with E-state index in [9.17, 15) is 4.79 Å². The zero-order valence-electron chi connectivity index (χ0n) is 16.3. The molecule has 0 amide bonds. The molecule has 0 saturated heterocycles. The van der Waals surface area contributed by atoms with Crippen molar-refractivity contribution in [3.05, 3.63) is 77.1 Å². The normalized spacial score (nSPS) is 10.9. The molecule has 0 fully saturated rings. The SMILES string of the molecule is CCCNCc1cc(C(=O)Cc2cccc(-c3ccccc3)c2C)nn1C. The lowest BCUT2D eigenvalue weighted by Gasteiger charge is -2.11. The average molecular weight is 361 g/mol. The van der Waals surface area contributed by atoms with Gasteiger partial charge < -0.3 is 5.32 Å². The van der Waals surface area contributed by atoms with Crippen LogP contribution in [0.15, 0.2) is 54.6 Å². The topological polar surface area (TPSA) is 46.9 Å². The minimum Gasteiger partial charge on any atom is -0.311 e. The highest BCUT2D eigenvalue weighted by Gasteiger charge is 2.15. The molecule has 2 aromatic carbocycles. The molecule has 4 heteroatoms. The third-order valence-electron chi connectivity index (χ3n) is 4.88. The molecule has 0 atom stereocenters. The standard InChI is InChI=1S/C23H27N3O/c1-4-13-24-16-20-15-22(25-26(20)3)23(27)14-19-11-8-12-21(17(19)2)18-9-6-5-7-10-18/h5-12,15,24H,4,13-14,16H2,1-3H3. The van der Waals surface area contributed by atoms with E-state index in [1.54, 1.807) is 4.68 Å². The highest BCUT2D eigenvalue weighted by molar-refractivity contribution is 5.96. The molecule has 0 aliphatic carbocycles. The number of aromatic nitrogens is 2. The molecule has 4 nitrogen and oxygen atoms in total. The number of rotatable bonds is 8. The summed E-state index contributed by atoms with van der Waals surface area (Å²) in [6, 6.07) is 18.4. The Morgan fingerprint density at radius 1 is 1.11 bits per heavy atom. The maximum Gasteiger partial charge on any atom is 0.187 e. The molecule has 0 aliphatic heterocycles. The third kappa shape index (κ3) is 4.52. The second kappa shape index (κ2) is 8.78. The predicted molar refractivity (Wildman–Crippen MR) is 110 cm³/mol. The molecule has 0 radical (unpaired) electrons. The van der Waals surface area contributed by atoms with E-state index in [1.165, 1.54) is 11.1 Å². The van der Waals surface area contributed by atoms with Crippen LogP contribution >= 0.6 is 0 Å². The Bertz CT molecular complexity index is 913. The lowest BCUT2D eigenvalue weighted by atomic mass is 9.94. The van der Waals surface area contributed by atoms with Gasteiger partial charge in [0.25, 0.3) is 0 Å². The van der Waals surface area contributed by atoms with Crippen molar-refractivity contribution >= 4 is 5.78 Å². The Balaban J connectivity index is 1.78. The zero-order chi connectivity index (χ0) is 19.2. The van der Waals surface area contributed by atoms with Crippen LogP contribution in [-0.4, -0.2) is 22.1 Å². The fourth-order valence-corrected chi connectivity index (χ4v) is 3.27. The zero-order valence-corrected chi connectivity index (χ0v) is 16.3. The summed E-state index contributed by atoms with van der Waals surface area (Å²) in [5.41, 5.74) is 6.12. The van der Waals surface area contributed by atoms with Crippen LogP contribution in [0.2, 0.25) is 0 Å². The molecule has 3 aromatic rings. The summed E-state index contributed by atoms with van der Waals surface area (Å²) in [6.07, 6.45) is 1.45. The van der Waals surface area contributed by atoms with Crippen molar-refractivity contribution in [3.63, 3.8) is 0 Å². The summed E-state index contributed by atoms with van der Waals surface area (Å²) in [4.78, 5) is 12.8. The van der Waals surface area contributed by atoms with Gasteiger partial charge in [-0.1, -0.05) is 55.5 Å². The van der Waals surface area contributed by atoms with E-state index in [2.05, 4.69) is 42.5 Å². The van der Waals surface area contributed by atoms with E-state index in [0.29, 0.717) is 12.1 Å². The van der Waals surface area contributed by atoms with Crippen molar-refractivity contribution < 1.29 is 4.79 Å². The van der Waals surface area contributed by atoms with Crippen molar-refractivity contribution in [3.8, 4) is 11.1 Å². The molecular weight excluding hydrogens is 334 g/mol. The van der Waals surface area contributed by atoms with Crippen LogP contribution in [0.4, 0.5) is 0 Å². The molecule has 0 saturated carbocycles.